The number of aromatic nitrogens is 2. The molecule has 0 spiro atoms. The van der Waals surface area contributed by atoms with Gasteiger partial charge in [0.05, 0.1) is 0 Å². The Hall–Kier alpha value is -2.25. The Morgan fingerprint density at radius 3 is 2.89 bits per heavy atom. The van der Waals surface area contributed by atoms with Gasteiger partial charge >= 0.3 is 0 Å². The third kappa shape index (κ3) is 3.37. The van der Waals surface area contributed by atoms with E-state index in [2.05, 4.69) is 27.4 Å². The monoisotopic (exact) mass is 238 g/mol. The molecule has 0 atom stereocenters. The van der Waals surface area contributed by atoms with E-state index in [4.69, 9.17) is 5.26 Å². The molecule has 0 bridgehead atoms. The Morgan fingerprint density at radius 1 is 1.22 bits per heavy atom. The van der Waals surface area contributed by atoms with E-state index >= 15 is 0 Å². The average Bonchev–Trinajstić information content (AvgIpc) is 2.45. The van der Waals surface area contributed by atoms with Crippen molar-refractivity contribution < 1.29 is 0 Å². The Kier molecular flexibility index (Phi) is 4.39. The molecule has 0 unspecified atom stereocenters. The minimum absolute atomic E-state index is 0.492. The standard InChI is InChI=1S/C14H14N4/c15-9-14-13(4-2-7-18-14)11-17-8-5-12-3-1-6-16-10-12/h1-4,6-7,10,17H,5,8,11H2. The van der Waals surface area contributed by atoms with E-state index in [0.717, 1.165) is 18.5 Å². The molecule has 0 aliphatic rings. The van der Waals surface area contributed by atoms with Crippen molar-refractivity contribution in [2.24, 2.45) is 0 Å². The van der Waals surface area contributed by atoms with Crippen LogP contribution < -0.4 is 5.32 Å². The summed E-state index contributed by atoms with van der Waals surface area (Å²) in [5.74, 6) is 0. The molecule has 4 nitrogen and oxygen atoms in total. The van der Waals surface area contributed by atoms with E-state index < -0.39 is 0 Å². The second-order valence-corrected chi connectivity index (χ2v) is 3.91. The van der Waals surface area contributed by atoms with Crippen molar-refractivity contribution in [1.29, 1.82) is 5.26 Å². The maximum atomic E-state index is 8.90. The van der Waals surface area contributed by atoms with Crippen molar-refractivity contribution in [1.82, 2.24) is 15.3 Å². The Morgan fingerprint density at radius 2 is 2.11 bits per heavy atom. The van der Waals surface area contributed by atoms with Gasteiger partial charge in [0.25, 0.3) is 0 Å². The lowest BCUT2D eigenvalue weighted by Gasteiger charge is -2.05. The summed E-state index contributed by atoms with van der Waals surface area (Å²) < 4.78 is 0. The molecule has 2 heterocycles. The van der Waals surface area contributed by atoms with Crippen molar-refractivity contribution in [3.8, 4) is 6.07 Å². The van der Waals surface area contributed by atoms with Gasteiger partial charge in [0, 0.05) is 30.7 Å². The number of nitrogens with one attached hydrogen (secondary N) is 1. The van der Waals surface area contributed by atoms with Crippen LogP contribution >= 0.6 is 0 Å². The Labute approximate surface area is 106 Å². The fourth-order valence-electron chi connectivity index (χ4n) is 1.68. The van der Waals surface area contributed by atoms with E-state index in [0.29, 0.717) is 12.2 Å². The molecule has 0 saturated heterocycles. The van der Waals surface area contributed by atoms with Crippen molar-refractivity contribution >= 4 is 0 Å². The lowest BCUT2D eigenvalue weighted by molar-refractivity contribution is 0.683. The zero-order valence-corrected chi connectivity index (χ0v) is 10.0. The number of pyridine rings is 2. The predicted octanol–water partition coefficient (Wildman–Crippen LogP) is 1.68. The zero-order valence-electron chi connectivity index (χ0n) is 10.0. The summed E-state index contributed by atoms with van der Waals surface area (Å²) in [6.45, 7) is 1.52. The van der Waals surface area contributed by atoms with E-state index in [1.54, 1.807) is 12.4 Å². The van der Waals surface area contributed by atoms with E-state index in [1.807, 2.05) is 24.4 Å². The van der Waals surface area contributed by atoms with Crippen LogP contribution in [-0.2, 0) is 13.0 Å². The number of rotatable bonds is 5. The fraction of sp³-hybridized carbons (Fsp3) is 0.214. The minimum atomic E-state index is 0.492. The highest BCUT2D eigenvalue weighted by atomic mass is 14.9. The van der Waals surface area contributed by atoms with Crippen LogP contribution in [0.1, 0.15) is 16.8 Å². The van der Waals surface area contributed by atoms with Gasteiger partial charge in [0.15, 0.2) is 0 Å². The molecule has 90 valence electrons. The summed E-state index contributed by atoms with van der Waals surface area (Å²) in [6.07, 6.45) is 6.20. The third-order valence-electron chi connectivity index (χ3n) is 2.63. The first-order chi connectivity index (χ1) is 8.90. The highest BCUT2D eigenvalue weighted by Crippen LogP contribution is 2.03. The van der Waals surface area contributed by atoms with Crippen LogP contribution in [0.5, 0.6) is 0 Å². The fourth-order valence-corrected chi connectivity index (χ4v) is 1.68. The molecule has 2 rings (SSSR count). The molecule has 2 aromatic heterocycles. The molecule has 0 saturated carbocycles. The number of hydrogen-bond donors (Lipinski definition) is 1. The van der Waals surface area contributed by atoms with Crippen molar-refractivity contribution in [2.45, 2.75) is 13.0 Å². The van der Waals surface area contributed by atoms with Gasteiger partial charge in [-0.3, -0.25) is 4.98 Å². The van der Waals surface area contributed by atoms with Gasteiger partial charge < -0.3 is 5.32 Å². The lowest BCUT2D eigenvalue weighted by Crippen LogP contribution is -2.17. The molecule has 0 amide bonds. The summed E-state index contributed by atoms with van der Waals surface area (Å²) >= 11 is 0. The summed E-state index contributed by atoms with van der Waals surface area (Å²) in [4.78, 5) is 8.09. The molecule has 0 aliphatic carbocycles. The minimum Gasteiger partial charge on any atom is -0.312 e. The molecule has 4 heteroatoms. The quantitative estimate of drug-likeness (QED) is 0.805. The summed E-state index contributed by atoms with van der Waals surface area (Å²) in [6, 6.07) is 9.85. The molecule has 18 heavy (non-hydrogen) atoms. The van der Waals surface area contributed by atoms with Gasteiger partial charge in [-0.25, -0.2) is 4.98 Å². The molecule has 0 aromatic carbocycles. The largest absolute Gasteiger partial charge is 0.312 e. The van der Waals surface area contributed by atoms with Crippen LogP contribution in [0.15, 0.2) is 42.9 Å². The van der Waals surface area contributed by atoms with Crippen LogP contribution in [0.2, 0.25) is 0 Å². The van der Waals surface area contributed by atoms with Crippen LogP contribution in [0.4, 0.5) is 0 Å². The zero-order chi connectivity index (χ0) is 12.6. The van der Waals surface area contributed by atoms with E-state index in [1.165, 1.54) is 5.56 Å². The van der Waals surface area contributed by atoms with Gasteiger partial charge in [0.2, 0.25) is 0 Å². The Bertz CT molecular complexity index is 531. The molecular weight excluding hydrogens is 224 g/mol. The molecular formula is C14H14N4. The normalized spacial score (nSPS) is 9.94. The summed E-state index contributed by atoms with van der Waals surface area (Å²) in [7, 11) is 0. The van der Waals surface area contributed by atoms with Gasteiger partial charge in [-0.05, 0) is 30.7 Å². The van der Waals surface area contributed by atoms with Gasteiger partial charge in [0.1, 0.15) is 11.8 Å². The molecule has 0 fully saturated rings. The van der Waals surface area contributed by atoms with Crippen molar-refractivity contribution in [3.63, 3.8) is 0 Å². The molecule has 1 N–H and O–H groups in total. The number of nitrogens with zero attached hydrogens (tertiary/aromatic N) is 3. The maximum absolute atomic E-state index is 8.90. The Balaban J connectivity index is 1.81. The van der Waals surface area contributed by atoms with Gasteiger partial charge in [-0.1, -0.05) is 12.1 Å². The highest BCUT2D eigenvalue weighted by molar-refractivity contribution is 5.30. The lowest BCUT2D eigenvalue weighted by atomic mass is 10.2. The first-order valence-electron chi connectivity index (χ1n) is 5.84. The van der Waals surface area contributed by atoms with Crippen LogP contribution in [0.3, 0.4) is 0 Å². The molecule has 2 aromatic rings. The summed E-state index contributed by atoms with van der Waals surface area (Å²) in [5, 5.41) is 12.2. The number of nitriles is 1. The smallest absolute Gasteiger partial charge is 0.144 e. The summed E-state index contributed by atoms with van der Waals surface area (Å²) in [5.41, 5.74) is 2.63. The second-order valence-electron chi connectivity index (χ2n) is 3.91. The van der Waals surface area contributed by atoms with Crippen LogP contribution in [-0.4, -0.2) is 16.5 Å². The van der Waals surface area contributed by atoms with Crippen LogP contribution in [0.25, 0.3) is 0 Å². The third-order valence-corrected chi connectivity index (χ3v) is 2.63. The maximum Gasteiger partial charge on any atom is 0.144 e. The molecule has 0 radical (unpaired) electrons. The number of hydrogen-bond acceptors (Lipinski definition) is 4. The molecule has 0 aliphatic heterocycles. The second kappa shape index (κ2) is 6.48. The topological polar surface area (TPSA) is 61.6 Å². The van der Waals surface area contributed by atoms with E-state index in [-0.39, 0.29) is 0 Å². The first-order valence-corrected chi connectivity index (χ1v) is 5.84. The predicted molar refractivity (Wildman–Crippen MR) is 68.6 cm³/mol. The highest BCUT2D eigenvalue weighted by Gasteiger charge is 2.01. The average molecular weight is 238 g/mol. The van der Waals surface area contributed by atoms with Gasteiger partial charge in [-0.2, -0.15) is 5.26 Å². The van der Waals surface area contributed by atoms with Crippen molar-refractivity contribution in [2.75, 3.05) is 6.54 Å². The van der Waals surface area contributed by atoms with Crippen molar-refractivity contribution in [3.05, 3.63) is 59.7 Å². The SMILES string of the molecule is N#Cc1ncccc1CNCCc1cccnc1. The van der Waals surface area contributed by atoms with Crippen LogP contribution in [0, 0.1) is 11.3 Å². The van der Waals surface area contributed by atoms with Gasteiger partial charge in [-0.15, -0.1) is 0 Å². The van der Waals surface area contributed by atoms with E-state index in [9.17, 15) is 0 Å². The first kappa shape index (κ1) is 12.2.